The molecule has 0 unspecified atom stereocenters. The molecule has 0 aliphatic heterocycles. The molecule has 0 heterocycles. The number of anilines is 1. The quantitative estimate of drug-likeness (QED) is 0.630. The number of thiocarbonyl (C=S) groups is 1. The minimum absolute atomic E-state index is 0.161. The van der Waals surface area contributed by atoms with Crippen molar-refractivity contribution in [3.05, 3.63) is 59.2 Å². The van der Waals surface area contributed by atoms with Crippen molar-refractivity contribution in [3.63, 3.8) is 0 Å². The molecular weight excluding hydrogens is 348 g/mol. The Morgan fingerprint density at radius 1 is 1.19 bits per heavy atom. The van der Waals surface area contributed by atoms with Crippen molar-refractivity contribution in [2.75, 3.05) is 19.5 Å². The zero-order chi connectivity index (χ0) is 18.5. The zero-order valence-electron chi connectivity index (χ0n) is 14.9. The molecule has 0 radical (unpaired) electrons. The predicted molar refractivity (Wildman–Crippen MR) is 106 cm³/mol. The number of carbonyl (C=O) groups is 1. The average Bonchev–Trinajstić information content (AvgIpc) is 2.67. The molecule has 0 saturated carbocycles. The standard InChI is InChI=1S/C20H22N2O3S/c1-24-16-9-10-17-13(12-16)5-4-8-18(17)22-20(26)21-15-7-3-6-14(11-15)19(23)25-2/h3,6-7,9-12,18H,4-5,8H2,1-2H3,(H2,21,22,26)/t18-/m1/s1. The molecule has 1 aliphatic rings. The fourth-order valence-electron chi connectivity index (χ4n) is 3.23. The van der Waals surface area contributed by atoms with Crippen LogP contribution in [0.15, 0.2) is 42.5 Å². The maximum Gasteiger partial charge on any atom is 0.337 e. The van der Waals surface area contributed by atoms with Crippen LogP contribution in [0, 0.1) is 0 Å². The van der Waals surface area contributed by atoms with Crippen LogP contribution in [-0.2, 0) is 11.2 Å². The summed E-state index contributed by atoms with van der Waals surface area (Å²) in [5.74, 6) is 0.507. The van der Waals surface area contributed by atoms with Crippen LogP contribution in [0.5, 0.6) is 5.75 Å². The van der Waals surface area contributed by atoms with Crippen LogP contribution in [-0.4, -0.2) is 25.3 Å². The Hall–Kier alpha value is -2.60. The topological polar surface area (TPSA) is 59.6 Å². The van der Waals surface area contributed by atoms with Crippen molar-refractivity contribution < 1.29 is 14.3 Å². The Balaban J connectivity index is 1.69. The van der Waals surface area contributed by atoms with E-state index in [1.807, 2.05) is 12.1 Å². The van der Waals surface area contributed by atoms with Crippen molar-refractivity contribution >= 4 is 29.0 Å². The monoisotopic (exact) mass is 370 g/mol. The van der Waals surface area contributed by atoms with Gasteiger partial charge in [0.15, 0.2) is 5.11 Å². The van der Waals surface area contributed by atoms with Gasteiger partial charge in [-0.15, -0.1) is 0 Å². The molecule has 0 amide bonds. The van der Waals surface area contributed by atoms with E-state index in [4.69, 9.17) is 21.7 Å². The van der Waals surface area contributed by atoms with Crippen molar-refractivity contribution in [2.24, 2.45) is 0 Å². The second-order valence-electron chi connectivity index (χ2n) is 6.18. The Morgan fingerprint density at radius 3 is 2.81 bits per heavy atom. The van der Waals surface area contributed by atoms with Crippen LogP contribution in [0.2, 0.25) is 0 Å². The second-order valence-corrected chi connectivity index (χ2v) is 6.59. The minimum Gasteiger partial charge on any atom is -0.497 e. The number of aryl methyl sites for hydroxylation is 1. The van der Waals surface area contributed by atoms with Gasteiger partial charge in [0.25, 0.3) is 0 Å². The lowest BCUT2D eigenvalue weighted by Gasteiger charge is -2.28. The minimum atomic E-state index is -0.373. The average molecular weight is 370 g/mol. The summed E-state index contributed by atoms with van der Waals surface area (Å²) in [5.41, 5.74) is 3.78. The van der Waals surface area contributed by atoms with E-state index in [0.717, 1.165) is 30.7 Å². The molecule has 5 nitrogen and oxygen atoms in total. The van der Waals surface area contributed by atoms with Crippen molar-refractivity contribution in [2.45, 2.75) is 25.3 Å². The Bertz CT molecular complexity index is 822. The fraction of sp³-hybridized carbons (Fsp3) is 0.300. The highest BCUT2D eigenvalue weighted by Crippen LogP contribution is 2.32. The lowest BCUT2D eigenvalue weighted by Crippen LogP contribution is -2.34. The molecule has 1 atom stereocenters. The summed E-state index contributed by atoms with van der Waals surface area (Å²) in [6, 6.07) is 13.4. The first-order valence-electron chi connectivity index (χ1n) is 8.53. The first-order chi connectivity index (χ1) is 12.6. The van der Waals surface area contributed by atoms with Gasteiger partial charge in [-0.05, 0) is 72.9 Å². The van der Waals surface area contributed by atoms with E-state index in [1.54, 1.807) is 25.3 Å². The van der Waals surface area contributed by atoms with Crippen LogP contribution in [0.4, 0.5) is 5.69 Å². The highest BCUT2D eigenvalue weighted by molar-refractivity contribution is 7.80. The molecule has 2 aromatic rings. The number of fused-ring (bicyclic) bond motifs is 1. The maximum atomic E-state index is 11.6. The van der Waals surface area contributed by atoms with E-state index in [1.165, 1.54) is 18.2 Å². The molecule has 0 fully saturated rings. The molecule has 136 valence electrons. The summed E-state index contributed by atoms with van der Waals surface area (Å²) in [6.45, 7) is 0. The number of hydrogen-bond donors (Lipinski definition) is 2. The van der Waals surface area contributed by atoms with Gasteiger partial charge in [0.1, 0.15) is 5.75 Å². The number of benzene rings is 2. The molecular formula is C20H22N2O3S. The van der Waals surface area contributed by atoms with Crippen molar-refractivity contribution in [1.82, 2.24) is 5.32 Å². The molecule has 2 N–H and O–H groups in total. The van der Waals surface area contributed by atoms with Crippen molar-refractivity contribution in [1.29, 1.82) is 0 Å². The smallest absolute Gasteiger partial charge is 0.337 e. The van der Waals surface area contributed by atoms with Crippen LogP contribution in [0.25, 0.3) is 0 Å². The predicted octanol–water partition coefficient (Wildman–Crippen LogP) is 3.85. The normalized spacial score (nSPS) is 15.5. The molecule has 0 spiro atoms. The largest absolute Gasteiger partial charge is 0.497 e. The third-order valence-electron chi connectivity index (χ3n) is 4.51. The lowest BCUT2D eigenvalue weighted by molar-refractivity contribution is 0.0601. The zero-order valence-corrected chi connectivity index (χ0v) is 15.7. The van der Waals surface area contributed by atoms with Crippen molar-refractivity contribution in [3.8, 4) is 5.75 Å². The summed E-state index contributed by atoms with van der Waals surface area (Å²) in [7, 11) is 3.05. The number of hydrogen-bond acceptors (Lipinski definition) is 4. The summed E-state index contributed by atoms with van der Waals surface area (Å²) >= 11 is 5.47. The van der Waals surface area contributed by atoms with Crippen LogP contribution >= 0.6 is 12.2 Å². The summed E-state index contributed by atoms with van der Waals surface area (Å²) in [6.07, 6.45) is 3.16. The van der Waals surface area contributed by atoms with Crippen LogP contribution < -0.4 is 15.4 Å². The summed E-state index contributed by atoms with van der Waals surface area (Å²) in [4.78, 5) is 11.6. The molecule has 6 heteroatoms. The summed E-state index contributed by atoms with van der Waals surface area (Å²) < 4.78 is 10.1. The number of nitrogens with one attached hydrogen (secondary N) is 2. The lowest BCUT2D eigenvalue weighted by atomic mass is 9.87. The van der Waals surface area contributed by atoms with E-state index in [-0.39, 0.29) is 12.0 Å². The number of carbonyl (C=O) groups excluding carboxylic acids is 1. The summed E-state index contributed by atoms with van der Waals surface area (Å²) in [5, 5.41) is 7.07. The first kappa shape index (κ1) is 18.2. The molecule has 3 rings (SSSR count). The van der Waals surface area contributed by atoms with Gasteiger partial charge in [-0.2, -0.15) is 0 Å². The third-order valence-corrected chi connectivity index (χ3v) is 4.73. The number of rotatable bonds is 4. The van der Waals surface area contributed by atoms with E-state index in [9.17, 15) is 4.79 Å². The van der Waals surface area contributed by atoms with E-state index in [2.05, 4.69) is 22.8 Å². The highest BCUT2D eigenvalue weighted by atomic mass is 32.1. The second kappa shape index (κ2) is 8.19. The maximum absolute atomic E-state index is 11.6. The molecule has 2 aromatic carbocycles. The Morgan fingerprint density at radius 2 is 2.04 bits per heavy atom. The molecule has 0 aromatic heterocycles. The number of esters is 1. The van der Waals surface area contributed by atoms with Gasteiger partial charge in [0.2, 0.25) is 0 Å². The van der Waals surface area contributed by atoms with E-state index < -0.39 is 0 Å². The third kappa shape index (κ3) is 4.14. The molecule has 26 heavy (non-hydrogen) atoms. The molecule has 1 aliphatic carbocycles. The number of ether oxygens (including phenoxy) is 2. The van der Waals surface area contributed by atoms with Gasteiger partial charge in [-0.3, -0.25) is 0 Å². The van der Waals surface area contributed by atoms with Gasteiger partial charge >= 0.3 is 5.97 Å². The van der Waals surface area contributed by atoms with Gasteiger partial charge < -0.3 is 20.1 Å². The fourth-order valence-corrected chi connectivity index (χ4v) is 3.49. The van der Waals surface area contributed by atoms with E-state index in [0.29, 0.717) is 10.7 Å². The molecule has 0 saturated heterocycles. The van der Waals surface area contributed by atoms with E-state index >= 15 is 0 Å². The van der Waals surface area contributed by atoms with Gasteiger partial charge in [-0.25, -0.2) is 4.79 Å². The Labute approximate surface area is 158 Å². The first-order valence-corrected chi connectivity index (χ1v) is 8.94. The van der Waals surface area contributed by atoms with Gasteiger partial charge in [0, 0.05) is 5.69 Å². The van der Waals surface area contributed by atoms with Crippen LogP contribution in [0.3, 0.4) is 0 Å². The Kier molecular flexibility index (Phi) is 5.73. The highest BCUT2D eigenvalue weighted by Gasteiger charge is 2.21. The van der Waals surface area contributed by atoms with Gasteiger partial charge in [-0.1, -0.05) is 12.1 Å². The molecule has 0 bridgehead atoms. The SMILES string of the molecule is COC(=O)c1cccc(NC(=S)N[C@@H]2CCCc3cc(OC)ccc32)c1. The van der Waals surface area contributed by atoms with Crippen LogP contribution in [0.1, 0.15) is 40.4 Å². The number of methoxy groups -OCH3 is 2. The van der Waals surface area contributed by atoms with Gasteiger partial charge in [0.05, 0.1) is 25.8 Å².